The van der Waals surface area contributed by atoms with E-state index in [0.29, 0.717) is 46.0 Å². The maximum absolute atomic E-state index is 14.7. The van der Waals surface area contributed by atoms with Gasteiger partial charge in [0.1, 0.15) is 16.8 Å². The highest BCUT2D eigenvalue weighted by Crippen LogP contribution is 2.41. The van der Waals surface area contributed by atoms with E-state index in [4.69, 9.17) is 11.6 Å². The number of fused-ring (bicyclic) bond motifs is 3. The van der Waals surface area contributed by atoms with Crippen molar-refractivity contribution in [2.45, 2.75) is 6.42 Å². The van der Waals surface area contributed by atoms with Gasteiger partial charge in [-0.3, -0.25) is 4.79 Å². The van der Waals surface area contributed by atoms with Gasteiger partial charge < -0.3 is 10.6 Å². The third kappa shape index (κ3) is 4.36. The SMILES string of the molecule is CNC(=O)c1ccc(Nc2ncc3c(n2)C2=CN=C(Cl)C=C(c4c(F)cccc4F)C2=CC3)cc1. The first-order valence-corrected chi connectivity index (χ1v) is 11.1. The van der Waals surface area contributed by atoms with Crippen LogP contribution in [0.25, 0.3) is 11.1 Å². The Morgan fingerprint density at radius 2 is 1.77 bits per heavy atom. The molecule has 1 aliphatic heterocycles. The molecule has 0 atom stereocenters. The maximum Gasteiger partial charge on any atom is 0.251 e. The zero-order chi connectivity index (χ0) is 24.5. The summed E-state index contributed by atoms with van der Waals surface area (Å²) < 4.78 is 29.4. The molecule has 1 amide bonds. The average Bonchev–Trinajstić information content (AvgIpc) is 3.03. The largest absolute Gasteiger partial charge is 0.355 e. The first-order valence-electron chi connectivity index (χ1n) is 10.7. The molecule has 1 aliphatic carbocycles. The number of aliphatic imine (C=N–C) groups is 1. The summed E-state index contributed by atoms with van der Waals surface area (Å²) >= 11 is 6.23. The molecule has 174 valence electrons. The van der Waals surface area contributed by atoms with Crippen LogP contribution in [0.5, 0.6) is 0 Å². The minimum absolute atomic E-state index is 0.0932. The van der Waals surface area contributed by atoms with Gasteiger partial charge in [0.2, 0.25) is 5.95 Å². The molecule has 2 aromatic carbocycles. The van der Waals surface area contributed by atoms with Crippen molar-refractivity contribution in [3.8, 4) is 0 Å². The van der Waals surface area contributed by atoms with E-state index >= 15 is 0 Å². The first kappa shape index (κ1) is 22.6. The second kappa shape index (κ2) is 9.23. The molecule has 35 heavy (non-hydrogen) atoms. The molecule has 5 rings (SSSR count). The summed E-state index contributed by atoms with van der Waals surface area (Å²) in [6, 6.07) is 10.6. The third-order valence-corrected chi connectivity index (χ3v) is 5.88. The molecular weight excluding hydrogens is 472 g/mol. The lowest BCUT2D eigenvalue weighted by Crippen LogP contribution is -2.17. The fourth-order valence-electron chi connectivity index (χ4n) is 3.99. The maximum atomic E-state index is 14.7. The highest BCUT2D eigenvalue weighted by molar-refractivity contribution is 6.69. The number of amides is 1. The van der Waals surface area contributed by atoms with Crippen LogP contribution < -0.4 is 10.6 Å². The zero-order valence-corrected chi connectivity index (χ0v) is 19.2. The Morgan fingerprint density at radius 1 is 1.03 bits per heavy atom. The Bertz CT molecular complexity index is 1460. The van der Waals surface area contributed by atoms with Gasteiger partial charge >= 0.3 is 0 Å². The number of allylic oxidation sites excluding steroid dienone is 5. The number of aromatic nitrogens is 2. The quantitative estimate of drug-likeness (QED) is 0.513. The van der Waals surface area contributed by atoms with Crippen LogP contribution in [-0.4, -0.2) is 28.1 Å². The molecule has 6 nitrogen and oxygen atoms in total. The molecule has 2 aliphatic rings. The molecule has 0 saturated heterocycles. The summed E-state index contributed by atoms with van der Waals surface area (Å²) in [5.41, 5.74) is 3.92. The van der Waals surface area contributed by atoms with Crippen LogP contribution >= 0.6 is 11.6 Å². The predicted molar refractivity (Wildman–Crippen MR) is 133 cm³/mol. The Labute approximate surface area is 204 Å². The summed E-state index contributed by atoms with van der Waals surface area (Å²) in [5, 5.41) is 5.79. The van der Waals surface area contributed by atoms with Gasteiger partial charge in [-0.2, -0.15) is 0 Å². The predicted octanol–water partition coefficient (Wildman–Crippen LogP) is 5.42. The zero-order valence-electron chi connectivity index (χ0n) is 18.4. The van der Waals surface area contributed by atoms with Gasteiger partial charge in [-0.25, -0.2) is 23.7 Å². The van der Waals surface area contributed by atoms with Crippen molar-refractivity contribution in [2.75, 3.05) is 12.4 Å². The number of nitrogens with zero attached hydrogens (tertiary/aromatic N) is 3. The van der Waals surface area contributed by atoms with Gasteiger partial charge in [0.05, 0.1) is 11.3 Å². The Balaban J connectivity index is 1.51. The number of benzene rings is 2. The number of nitrogens with one attached hydrogen (secondary N) is 2. The molecular formula is C26H18ClF2N5O. The summed E-state index contributed by atoms with van der Waals surface area (Å²) in [6.07, 6.45) is 7.03. The first-order chi connectivity index (χ1) is 16.9. The normalized spacial score (nSPS) is 14.4. The number of halogens is 3. The fourth-order valence-corrected chi connectivity index (χ4v) is 4.14. The second-order valence-electron chi connectivity index (χ2n) is 7.82. The monoisotopic (exact) mass is 489 g/mol. The minimum Gasteiger partial charge on any atom is -0.355 e. The van der Waals surface area contributed by atoms with Crippen LogP contribution in [0.2, 0.25) is 0 Å². The van der Waals surface area contributed by atoms with E-state index in [1.165, 1.54) is 24.3 Å². The lowest BCUT2D eigenvalue weighted by Gasteiger charge is -2.22. The van der Waals surface area contributed by atoms with Crippen LogP contribution in [0.3, 0.4) is 0 Å². The highest BCUT2D eigenvalue weighted by atomic mass is 35.5. The minimum atomic E-state index is -0.695. The number of carbonyl (C=O) groups is 1. The third-order valence-electron chi connectivity index (χ3n) is 5.67. The summed E-state index contributed by atoms with van der Waals surface area (Å²) in [6.45, 7) is 0. The number of anilines is 2. The van der Waals surface area contributed by atoms with Gasteiger partial charge in [-0.15, -0.1) is 0 Å². The van der Waals surface area contributed by atoms with E-state index in [1.807, 2.05) is 6.08 Å². The fraction of sp³-hybridized carbons (Fsp3) is 0.0769. The second-order valence-corrected chi connectivity index (χ2v) is 8.21. The lowest BCUT2D eigenvalue weighted by atomic mass is 9.84. The molecule has 9 heteroatoms. The Morgan fingerprint density at radius 3 is 2.49 bits per heavy atom. The van der Waals surface area contributed by atoms with Gasteiger partial charge in [0.15, 0.2) is 0 Å². The van der Waals surface area contributed by atoms with Gasteiger partial charge in [0, 0.05) is 41.8 Å². The van der Waals surface area contributed by atoms with E-state index < -0.39 is 11.6 Å². The molecule has 0 unspecified atom stereocenters. The molecule has 0 spiro atoms. The molecule has 0 radical (unpaired) electrons. The summed E-state index contributed by atoms with van der Waals surface area (Å²) in [4.78, 5) is 25.0. The lowest BCUT2D eigenvalue weighted by molar-refractivity contribution is 0.0963. The summed E-state index contributed by atoms with van der Waals surface area (Å²) in [5.74, 6) is -1.26. The standard InChI is InChI=1S/C26H18ClF2N5O/c1-30-25(35)14-5-8-16(9-6-14)33-26-32-12-15-7-10-17-18(23-20(28)3-2-4-21(23)29)11-22(27)31-13-19(17)24(15)34-26/h2-6,8-13H,7H2,1H3,(H,30,35)(H,32,33,34). The van der Waals surface area contributed by atoms with E-state index in [2.05, 4.69) is 25.6 Å². The number of hydrogen-bond acceptors (Lipinski definition) is 5. The van der Waals surface area contributed by atoms with Gasteiger partial charge in [-0.1, -0.05) is 23.7 Å². The topological polar surface area (TPSA) is 79.3 Å². The molecule has 0 bridgehead atoms. The van der Waals surface area contributed by atoms with E-state index in [9.17, 15) is 13.6 Å². The molecule has 3 aromatic rings. The number of hydrogen-bond donors (Lipinski definition) is 2. The highest BCUT2D eigenvalue weighted by Gasteiger charge is 2.27. The van der Waals surface area contributed by atoms with Crippen molar-refractivity contribution in [3.63, 3.8) is 0 Å². The Kier molecular flexibility index (Phi) is 5.96. The molecule has 0 fully saturated rings. The van der Waals surface area contributed by atoms with E-state index in [1.54, 1.807) is 43.7 Å². The van der Waals surface area contributed by atoms with E-state index in [-0.39, 0.29) is 16.6 Å². The smallest absolute Gasteiger partial charge is 0.251 e. The van der Waals surface area contributed by atoms with Crippen LogP contribution in [0.15, 0.2) is 77.6 Å². The van der Waals surface area contributed by atoms with E-state index in [0.717, 1.165) is 5.56 Å². The van der Waals surface area contributed by atoms with Crippen LogP contribution in [-0.2, 0) is 6.42 Å². The van der Waals surface area contributed by atoms with Crippen LogP contribution in [0.1, 0.15) is 27.2 Å². The molecule has 2 heterocycles. The average molecular weight is 490 g/mol. The van der Waals surface area contributed by atoms with Crippen molar-refractivity contribution in [2.24, 2.45) is 4.99 Å². The molecule has 2 N–H and O–H groups in total. The van der Waals surface area contributed by atoms with Crippen molar-refractivity contribution in [1.82, 2.24) is 15.3 Å². The van der Waals surface area contributed by atoms with Crippen LogP contribution in [0.4, 0.5) is 20.4 Å². The summed E-state index contributed by atoms with van der Waals surface area (Å²) in [7, 11) is 1.57. The molecule has 0 saturated carbocycles. The van der Waals surface area contributed by atoms with Crippen LogP contribution in [0, 0.1) is 11.6 Å². The van der Waals surface area contributed by atoms with Crippen molar-refractivity contribution < 1.29 is 13.6 Å². The van der Waals surface area contributed by atoms with Crippen molar-refractivity contribution >= 4 is 45.5 Å². The van der Waals surface area contributed by atoms with Gasteiger partial charge in [0.25, 0.3) is 5.91 Å². The molecule has 1 aromatic heterocycles. The number of rotatable bonds is 4. The Hall–Kier alpha value is -4.17. The van der Waals surface area contributed by atoms with Crippen molar-refractivity contribution in [1.29, 1.82) is 0 Å². The van der Waals surface area contributed by atoms with Crippen molar-refractivity contribution in [3.05, 3.63) is 107 Å². The number of carbonyl (C=O) groups excluding carboxylic acids is 1. The van der Waals surface area contributed by atoms with Gasteiger partial charge in [-0.05, 0) is 60.0 Å².